The third kappa shape index (κ3) is 4.04. The lowest BCUT2D eigenvalue weighted by molar-refractivity contribution is -0.142. The number of anilines is 1. The van der Waals surface area contributed by atoms with Crippen molar-refractivity contribution in [3.63, 3.8) is 0 Å². The maximum absolute atomic E-state index is 11.2. The van der Waals surface area contributed by atoms with E-state index in [0.29, 0.717) is 25.1 Å². The van der Waals surface area contributed by atoms with Gasteiger partial charge in [0.15, 0.2) is 0 Å². The van der Waals surface area contributed by atoms with E-state index in [0.717, 1.165) is 10.2 Å². The molecule has 0 aliphatic carbocycles. The summed E-state index contributed by atoms with van der Waals surface area (Å²) in [6.07, 6.45) is 0.349. The molecule has 0 aromatic heterocycles. The van der Waals surface area contributed by atoms with Crippen LogP contribution in [0.15, 0.2) is 22.7 Å². The molecule has 0 heterocycles. The SMILES string of the molecule is CCOC(=O)CCN(C)c1ccc(C#N)c(Br)c1. The Kier molecular flexibility index (Phi) is 5.66. The molecule has 18 heavy (non-hydrogen) atoms. The summed E-state index contributed by atoms with van der Waals surface area (Å²) >= 11 is 3.34. The van der Waals surface area contributed by atoms with E-state index in [-0.39, 0.29) is 5.97 Å². The molecule has 0 atom stereocenters. The van der Waals surface area contributed by atoms with Crippen LogP contribution in [0.25, 0.3) is 0 Å². The van der Waals surface area contributed by atoms with E-state index >= 15 is 0 Å². The fraction of sp³-hybridized carbons (Fsp3) is 0.385. The number of rotatable bonds is 5. The van der Waals surface area contributed by atoms with Gasteiger partial charge in [0.1, 0.15) is 6.07 Å². The summed E-state index contributed by atoms with van der Waals surface area (Å²) in [5.41, 5.74) is 1.54. The monoisotopic (exact) mass is 310 g/mol. The summed E-state index contributed by atoms with van der Waals surface area (Å²) in [6.45, 7) is 2.78. The summed E-state index contributed by atoms with van der Waals surface area (Å²) < 4.78 is 5.63. The molecule has 5 heteroatoms. The van der Waals surface area contributed by atoms with E-state index in [2.05, 4.69) is 22.0 Å². The first-order chi connectivity index (χ1) is 8.58. The van der Waals surface area contributed by atoms with E-state index in [4.69, 9.17) is 10.00 Å². The predicted octanol–water partition coefficient (Wildman–Crippen LogP) is 2.71. The van der Waals surface area contributed by atoms with Crippen molar-refractivity contribution in [2.75, 3.05) is 25.1 Å². The number of nitriles is 1. The van der Waals surface area contributed by atoms with Gasteiger partial charge in [0.05, 0.1) is 18.6 Å². The standard InChI is InChI=1S/C13H15BrN2O2/c1-3-18-13(17)6-7-16(2)11-5-4-10(9-15)12(14)8-11/h4-5,8H,3,6-7H2,1-2H3. The van der Waals surface area contributed by atoms with Crippen LogP contribution in [0.5, 0.6) is 0 Å². The van der Waals surface area contributed by atoms with Gasteiger partial charge in [-0.05, 0) is 41.1 Å². The topological polar surface area (TPSA) is 53.3 Å². The normalized spacial score (nSPS) is 9.67. The summed E-state index contributed by atoms with van der Waals surface area (Å²) in [7, 11) is 1.90. The Bertz CT molecular complexity index is 469. The highest BCUT2D eigenvalue weighted by molar-refractivity contribution is 9.10. The van der Waals surface area contributed by atoms with Crippen LogP contribution in [-0.2, 0) is 9.53 Å². The Morgan fingerprint density at radius 1 is 1.56 bits per heavy atom. The molecule has 0 amide bonds. The van der Waals surface area contributed by atoms with Gasteiger partial charge in [0.2, 0.25) is 0 Å². The molecule has 0 aliphatic rings. The molecule has 1 rings (SSSR count). The van der Waals surface area contributed by atoms with Gasteiger partial charge in [-0.3, -0.25) is 4.79 Å². The summed E-state index contributed by atoms with van der Waals surface area (Å²) in [4.78, 5) is 13.2. The zero-order valence-electron chi connectivity index (χ0n) is 10.4. The lowest BCUT2D eigenvalue weighted by atomic mass is 10.2. The molecule has 0 spiro atoms. The van der Waals surface area contributed by atoms with Crippen LogP contribution < -0.4 is 4.90 Å². The van der Waals surface area contributed by atoms with Crippen molar-refractivity contribution in [1.82, 2.24) is 0 Å². The first kappa shape index (κ1) is 14.5. The highest BCUT2D eigenvalue weighted by Crippen LogP contribution is 2.23. The van der Waals surface area contributed by atoms with Gasteiger partial charge in [0.25, 0.3) is 0 Å². The second-order valence-corrected chi connectivity index (χ2v) is 4.61. The minimum absolute atomic E-state index is 0.197. The first-order valence-corrected chi connectivity index (χ1v) is 6.44. The van der Waals surface area contributed by atoms with E-state index in [1.54, 1.807) is 13.0 Å². The third-order valence-corrected chi connectivity index (χ3v) is 3.13. The second kappa shape index (κ2) is 7.02. The largest absolute Gasteiger partial charge is 0.466 e. The number of benzene rings is 1. The number of esters is 1. The maximum atomic E-state index is 11.2. The second-order valence-electron chi connectivity index (χ2n) is 3.75. The van der Waals surface area contributed by atoms with E-state index in [1.807, 2.05) is 24.1 Å². The number of carbonyl (C=O) groups excluding carboxylic acids is 1. The molecule has 0 fully saturated rings. The van der Waals surface area contributed by atoms with Crippen LogP contribution in [0.2, 0.25) is 0 Å². The average molecular weight is 311 g/mol. The van der Waals surface area contributed by atoms with Gasteiger partial charge in [-0.2, -0.15) is 5.26 Å². The van der Waals surface area contributed by atoms with Gasteiger partial charge in [-0.1, -0.05) is 0 Å². The van der Waals surface area contributed by atoms with Gasteiger partial charge < -0.3 is 9.64 Å². The Morgan fingerprint density at radius 2 is 2.28 bits per heavy atom. The van der Waals surface area contributed by atoms with Crippen LogP contribution in [0.3, 0.4) is 0 Å². The van der Waals surface area contributed by atoms with Crippen molar-refractivity contribution >= 4 is 27.6 Å². The van der Waals surface area contributed by atoms with Crippen LogP contribution in [0.4, 0.5) is 5.69 Å². The Morgan fingerprint density at radius 3 is 2.83 bits per heavy atom. The predicted molar refractivity (Wildman–Crippen MR) is 73.4 cm³/mol. The Hall–Kier alpha value is -1.54. The van der Waals surface area contributed by atoms with Crippen molar-refractivity contribution < 1.29 is 9.53 Å². The number of hydrogen-bond acceptors (Lipinski definition) is 4. The summed E-state index contributed by atoms with van der Waals surface area (Å²) in [5.74, 6) is -0.197. The highest BCUT2D eigenvalue weighted by atomic mass is 79.9. The van der Waals surface area contributed by atoms with Gasteiger partial charge >= 0.3 is 5.97 Å². The molecule has 4 nitrogen and oxygen atoms in total. The molecule has 0 aliphatic heterocycles. The minimum Gasteiger partial charge on any atom is -0.466 e. The number of ether oxygens (including phenoxy) is 1. The molecule has 0 radical (unpaired) electrons. The zero-order valence-corrected chi connectivity index (χ0v) is 12.0. The van der Waals surface area contributed by atoms with Crippen LogP contribution in [-0.4, -0.2) is 26.2 Å². The van der Waals surface area contributed by atoms with Crippen LogP contribution in [0, 0.1) is 11.3 Å². The Labute approximate surface area is 115 Å². The smallest absolute Gasteiger partial charge is 0.307 e. The quantitative estimate of drug-likeness (QED) is 0.785. The van der Waals surface area contributed by atoms with Crippen molar-refractivity contribution in [3.8, 4) is 6.07 Å². The van der Waals surface area contributed by atoms with E-state index in [9.17, 15) is 4.79 Å². The average Bonchev–Trinajstić information content (AvgIpc) is 2.36. The summed E-state index contributed by atoms with van der Waals surface area (Å²) in [5, 5.41) is 8.83. The molecular weight excluding hydrogens is 296 g/mol. The number of halogens is 1. The molecular formula is C13H15BrN2O2. The van der Waals surface area contributed by atoms with Gasteiger partial charge in [0, 0.05) is 23.8 Å². The first-order valence-electron chi connectivity index (χ1n) is 5.65. The molecule has 96 valence electrons. The van der Waals surface area contributed by atoms with Crippen LogP contribution >= 0.6 is 15.9 Å². The molecule has 0 N–H and O–H groups in total. The van der Waals surface area contributed by atoms with Crippen molar-refractivity contribution in [2.24, 2.45) is 0 Å². The zero-order chi connectivity index (χ0) is 13.5. The van der Waals surface area contributed by atoms with Gasteiger partial charge in [-0.15, -0.1) is 0 Å². The number of hydrogen-bond donors (Lipinski definition) is 0. The number of nitrogens with zero attached hydrogens (tertiary/aromatic N) is 2. The van der Waals surface area contributed by atoms with Crippen molar-refractivity contribution in [1.29, 1.82) is 5.26 Å². The highest BCUT2D eigenvalue weighted by Gasteiger charge is 2.07. The Balaban J connectivity index is 2.62. The van der Waals surface area contributed by atoms with Crippen LogP contribution in [0.1, 0.15) is 18.9 Å². The fourth-order valence-electron chi connectivity index (χ4n) is 1.45. The van der Waals surface area contributed by atoms with Gasteiger partial charge in [-0.25, -0.2) is 0 Å². The van der Waals surface area contributed by atoms with E-state index in [1.165, 1.54) is 0 Å². The molecule has 1 aromatic carbocycles. The molecule has 0 unspecified atom stereocenters. The molecule has 0 saturated heterocycles. The summed E-state index contributed by atoms with van der Waals surface area (Å²) in [6, 6.07) is 7.56. The van der Waals surface area contributed by atoms with Crippen molar-refractivity contribution in [3.05, 3.63) is 28.2 Å². The fourth-order valence-corrected chi connectivity index (χ4v) is 1.91. The number of carbonyl (C=O) groups is 1. The lowest BCUT2D eigenvalue weighted by Gasteiger charge is -2.19. The van der Waals surface area contributed by atoms with Crippen molar-refractivity contribution in [2.45, 2.75) is 13.3 Å². The molecule has 1 aromatic rings. The molecule has 0 saturated carbocycles. The molecule has 0 bridgehead atoms. The van der Waals surface area contributed by atoms with E-state index < -0.39 is 0 Å². The maximum Gasteiger partial charge on any atom is 0.307 e. The minimum atomic E-state index is -0.197. The third-order valence-electron chi connectivity index (χ3n) is 2.47. The lowest BCUT2D eigenvalue weighted by Crippen LogP contribution is -2.22.